The van der Waals surface area contributed by atoms with E-state index in [0.717, 1.165) is 60.0 Å². The number of amides is 5. The number of rotatable bonds is 29. The first-order valence-electron chi connectivity index (χ1n) is 29.7. The van der Waals surface area contributed by atoms with Gasteiger partial charge in [0.2, 0.25) is 29.5 Å². The molecule has 6 N–H and O–H groups in total. The van der Waals surface area contributed by atoms with E-state index in [-0.39, 0.29) is 35.5 Å². The first kappa shape index (κ1) is 68.5. The molecule has 0 radical (unpaired) electrons. The molecule has 440 valence electrons. The minimum absolute atomic E-state index is 0.180. The smallest absolute Gasteiger partial charge is 0.244 e. The SMILES string of the molecule is C=C1CCCC(C)=C1/C=C/C(C)=C/C=C/C(C)=C/C(=O)N[C@H](CCCCNC(=O)/C=C(C)/C=C/C=C(C)/C=C/C1=C(C)CCCC1(C)C)C(=O)N[C@H](CCCCNC(=O)/C=C(C)/C=C/C=C(C)/C=C/C1=C(C)CCCC1(C)C)C(N)=O. The topological polar surface area (TPSA) is 159 Å². The molecule has 3 rings (SSSR count). The summed E-state index contributed by atoms with van der Waals surface area (Å²) in [4.78, 5) is 65.6. The van der Waals surface area contributed by atoms with Crippen LogP contribution in [-0.2, 0) is 24.0 Å². The summed E-state index contributed by atoms with van der Waals surface area (Å²) in [5.74, 6) is -2.14. The summed E-state index contributed by atoms with van der Waals surface area (Å²) in [7, 11) is 0. The number of nitrogens with one attached hydrogen (secondary N) is 4. The summed E-state index contributed by atoms with van der Waals surface area (Å²) in [6, 6.07) is -1.97. The number of primary amides is 1. The van der Waals surface area contributed by atoms with Crippen LogP contribution >= 0.6 is 0 Å². The molecule has 0 aliphatic heterocycles. The van der Waals surface area contributed by atoms with Gasteiger partial charge >= 0.3 is 0 Å². The summed E-state index contributed by atoms with van der Waals surface area (Å²) in [5.41, 5.74) is 21.2. The van der Waals surface area contributed by atoms with Crippen LogP contribution in [0.2, 0.25) is 0 Å². The van der Waals surface area contributed by atoms with Crippen molar-refractivity contribution in [1.82, 2.24) is 21.3 Å². The lowest BCUT2D eigenvalue weighted by Gasteiger charge is -2.33. The van der Waals surface area contributed by atoms with Gasteiger partial charge in [0.25, 0.3) is 0 Å². The Morgan fingerprint density at radius 3 is 1.33 bits per heavy atom. The maximum absolute atomic E-state index is 13.9. The van der Waals surface area contributed by atoms with Crippen LogP contribution in [0, 0.1) is 10.8 Å². The number of nitrogens with two attached hydrogens (primary N) is 1. The van der Waals surface area contributed by atoms with Gasteiger partial charge in [-0.25, -0.2) is 0 Å². The third-order valence-electron chi connectivity index (χ3n) is 15.5. The van der Waals surface area contributed by atoms with E-state index < -0.39 is 29.8 Å². The minimum Gasteiger partial charge on any atom is -0.368 e. The fourth-order valence-corrected chi connectivity index (χ4v) is 10.6. The predicted octanol–water partition coefficient (Wildman–Crippen LogP) is 15.1. The number of unbranched alkanes of at least 4 members (excludes halogenated alkanes) is 2. The molecule has 0 aromatic heterocycles. The van der Waals surface area contributed by atoms with Gasteiger partial charge in [-0.3, -0.25) is 24.0 Å². The second kappa shape index (κ2) is 35.1. The van der Waals surface area contributed by atoms with Gasteiger partial charge in [-0.2, -0.15) is 0 Å². The zero-order valence-corrected chi connectivity index (χ0v) is 51.9. The highest BCUT2D eigenvalue weighted by atomic mass is 16.2. The van der Waals surface area contributed by atoms with Crippen molar-refractivity contribution in [3.63, 3.8) is 0 Å². The molecule has 3 aliphatic carbocycles. The molecule has 5 amide bonds. The Labute approximate surface area is 489 Å². The molecular weight excluding hydrogens is 1000 g/mol. The van der Waals surface area contributed by atoms with E-state index >= 15 is 0 Å². The van der Waals surface area contributed by atoms with Crippen molar-refractivity contribution in [3.8, 4) is 0 Å². The summed E-state index contributed by atoms with van der Waals surface area (Å²) in [5, 5.41) is 11.5. The zero-order valence-electron chi connectivity index (χ0n) is 51.9. The van der Waals surface area contributed by atoms with Gasteiger partial charge in [-0.05, 0) is 208 Å². The molecule has 0 aromatic carbocycles. The predicted molar refractivity (Wildman–Crippen MR) is 341 cm³/mol. The molecule has 0 fully saturated rings. The van der Waals surface area contributed by atoms with Crippen LogP contribution in [0.3, 0.4) is 0 Å². The van der Waals surface area contributed by atoms with Crippen molar-refractivity contribution >= 4 is 29.5 Å². The lowest BCUT2D eigenvalue weighted by molar-refractivity contribution is -0.130. The molecule has 10 nitrogen and oxygen atoms in total. The zero-order chi connectivity index (χ0) is 60.1. The fraction of sp³-hybridized carbons (Fsp3) is 0.479. The third-order valence-corrected chi connectivity index (χ3v) is 15.5. The molecule has 0 saturated heterocycles. The van der Waals surface area contributed by atoms with Crippen LogP contribution < -0.4 is 27.0 Å². The lowest BCUT2D eigenvalue weighted by Crippen LogP contribution is -2.52. The third kappa shape index (κ3) is 26.6. The van der Waals surface area contributed by atoms with E-state index in [9.17, 15) is 24.0 Å². The average Bonchev–Trinajstić information content (AvgIpc) is 3.38. The molecule has 0 saturated carbocycles. The van der Waals surface area contributed by atoms with Crippen molar-refractivity contribution < 1.29 is 24.0 Å². The monoisotopic (exact) mass is 1100 g/mol. The number of hydrogen-bond acceptors (Lipinski definition) is 5. The summed E-state index contributed by atoms with van der Waals surface area (Å²) in [6.07, 6.45) is 48.0. The Morgan fingerprint density at radius 2 is 0.914 bits per heavy atom. The van der Waals surface area contributed by atoms with Crippen LogP contribution in [0.4, 0.5) is 0 Å². The molecule has 2 atom stereocenters. The Hall–Kier alpha value is -6.81. The van der Waals surface area contributed by atoms with E-state index in [0.29, 0.717) is 44.3 Å². The fourth-order valence-electron chi connectivity index (χ4n) is 10.6. The van der Waals surface area contributed by atoms with Crippen LogP contribution in [0.5, 0.6) is 0 Å². The van der Waals surface area contributed by atoms with Gasteiger partial charge in [0.05, 0.1) is 0 Å². The first-order chi connectivity index (χ1) is 38.3. The first-order valence-corrected chi connectivity index (χ1v) is 29.7. The second-order valence-electron chi connectivity index (χ2n) is 24.1. The highest BCUT2D eigenvalue weighted by Crippen LogP contribution is 2.42. The van der Waals surface area contributed by atoms with Gasteiger partial charge in [0.15, 0.2) is 0 Å². The lowest BCUT2D eigenvalue weighted by atomic mass is 9.72. The summed E-state index contributed by atoms with van der Waals surface area (Å²) in [6.45, 7) is 32.6. The van der Waals surface area contributed by atoms with Gasteiger partial charge < -0.3 is 27.0 Å². The van der Waals surface area contributed by atoms with Crippen molar-refractivity contribution in [3.05, 3.63) is 188 Å². The molecule has 0 spiro atoms. The molecule has 3 aliphatic rings. The quantitative estimate of drug-likeness (QED) is 0.0286. The molecule has 0 unspecified atom stereocenters. The van der Waals surface area contributed by atoms with E-state index in [2.05, 4.69) is 127 Å². The Balaban J connectivity index is 1.59. The van der Waals surface area contributed by atoms with E-state index in [1.165, 1.54) is 70.8 Å². The van der Waals surface area contributed by atoms with Crippen molar-refractivity contribution in [2.24, 2.45) is 16.6 Å². The normalized spacial score (nSPS) is 19.0. The highest BCUT2D eigenvalue weighted by molar-refractivity contribution is 5.95. The summed E-state index contributed by atoms with van der Waals surface area (Å²) >= 11 is 0. The molecule has 0 bridgehead atoms. The van der Waals surface area contributed by atoms with Gasteiger partial charge in [0.1, 0.15) is 12.1 Å². The molecule has 10 heteroatoms. The van der Waals surface area contributed by atoms with Crippen molar-refractivity contribution in [2.45, 2.75) is 198 Å². The van der Waals surface area contributed by atoms with E-state index in [1.54, 1.807) is 12.2 Å². The standard InChI is InChI=1S/C71H101N5O5/c1-50(37-40-60-56(7)31-22-32-57(60)8)25-19-30-55(6)49-67(79)75-64(36-16-18-46-74-66(78)48-54(5)29-21-27-52(3)39-42-62-59(10)34-24-44-71(62,13)14)69(81)76-63(68(72)80)35-15-17-45-73-65(77)47-53(4)28-20-26-51(2)38-41-61-58(9)33-23-43-70(61,11)12/h19-21,25-30,37-42,47-49,63-64H,7,15-18,22-24,31-36,43-46H2,1-6,8-14H3,(H2,72,80)(H,73,77)(H,74,78)(H,75,79)(H,76,81)/b28-20+,29-21+,30-19+,40-37+,41-38+,42-39+,50-25+,51-26+,52-27+,53-47+,54-48+,55-49+/t63-,64-/m1/s1. The minimum atomic E-state index is -0.989. The van der Waals surface area contributed by atoms with Crippen molar-refractivity contribution in [1.29, 1.82) is 0 Å². The number of carbonyl (C=O) groups excluding carboxylic acids is 5. The Morgan fingerprint density at radius 1 is 0.506 bits per heavy atom. The van der Waals surface area contributed by atoms with Gasteiger partial charge in [-0.1, -0.05) is 159 Å². The number of carbonyl (C=O) groups is 5. The van der Waals surface area contributed by atoms with Crippen molar-refractivity contribution in [2.75, 3.05) is 13.1 Å². The van der Waals surface area contributed by atoms with Gasteiger partial charge in [-0.15, -0.1) is 0 Å². The number of hydrogen-bond donors (Lipinski definition) is 5. The second-order valence-corrected chi connectivity index (χ2v) is 24.1. The molecule has 0 heterocycles. The molecule has 0 aromatic rings. The summed E-state index contributed by atoms with van der Waals surface area (Å²) < 4.78 is 0. The average molecular weight is 1100 g/mol. The Bertz CT molecular complexity index is 2740. The van der Waals surface area contributed by atoms with Crippen LogP contribution in [-0.4, -0.2) is 54.7 Å². The van der Waals surface area contributed by atoms with Crippen LogP contribution in [0.25, 0.3) is 0 Å². The molecular formula is C71H101N5O5. The van der Waals surface area contributed by atoms with E-state index in [4.69, 9.17) is 5.73 Å². The van der Waals surface area contributed by atoms with E-state index in [1.807, 2.05) is 82.4 Å². The largest absolute Gasteiger partial charge is 0.368 e. The maximum atomic E-state index is 13.9. The molecule has 81 heavy (non-hydrogen) atoms. The number of allylic oxidation sites excluding steroid dienone is 28. The van der Waals surface area contributed by atoms with Gasteiger partial charge in [0, 0.05) is 31.3 Å². The van der Waals surface area contributed by atoms with Crippen LogP contribution in [0.1, 0.15) is 186 Å². The maximum Gasteiger partial charge on any atom is 0.244 e. The highest BCUT2D eigenvalue weighted by Gasteiger charge is 2.28. The van der Waals surface area contributed by atoms with Crippen LogP contribution in [0.15, 0.2) is 188 Å². The Kier molecular flexibility index (Phi) is 29.7.